The van der Waals surface area contributed by atoms with Crippen LogP contribution >= 0.6 is 0 Å². The second-order valence-electron chi connectivity index (χ2n) is 5.49. The zero-order valence-electron chi connectivity index (χ0n) is 12.8. The highest BCUT2D eigenvalue weighted by molar-refractivity contribution is 6.22. The molecular formula is C14H15N3O8. The van der Waals surface area contributed by atoms with Crippen LogP contribution in [-0.2, 0) is 4.79 Å². The molecule has 1 aromatic rings. The number of amides is 3. The summed E-state index contributed by atoms with van der Waals surface area (Å²) in [6.45, 7) is -3.03. The molecule has 134 valence electrons. The van der Waals surface area contributed by atoms with Crippen molar-refractivity contribution in [1.82, 2.24) is 10.2 Å². The first-order valence-corrected chi connectivity index (χ1v) is 7.07. The van der Waals surface area contributed by atoms with Gasteiger partial charge in [-0.3, -0.25) is 29.4 Å². The Labute approximate surface area is 140 Å². The van der Waals surface area contributed by atoms with Crippen LogP contribution in [0, 0.1) is 10.1 Å². The SMILES string of the molecule is O=C(CN1C(=O)c2ccc([N+](=O)[O-])cc2C1=O)NC(CO)(CO)CO. The largest absolute Gasteiger partial charge is 0.394 e. The van der Waals surface area contributed by atoms with Crippen molar-refractivity contribution >= 4 is 23.4 Å². The van der Waals surface area contributed by atoms with Gasteiger partial charge in [0, 0.05) is 12.1 Å². The Bertz CT molecular complexity index is 735. The summed E-state index contributed by atoms with van der Waals surface area (Å²) in [5, 5.41) is 40.4. The second-order valence-corrected chi connectivity index (χ2v) is 5.49. The lowest BCUT2D eigenvalue weighted by Gasteiger charge is -2.29. The highest BCUT2D eigenvalue weighted by Gasteiger charge is 2.39. The molecule has 1 aliphatic heterocycles. The van der Waals surface area contributed by atoms with Crippen LogP contribution in [0.4, 0.5) is 5.69 Å². The third kappa shape index (κ3) is 3.33. The van der Waals surface area contributed by atoms with Crippen molar-refractivity contribution in [3.8, 4) is 0 Å². The number of nitrogens with one attached hydrogen (secondary N) is 1. The normalized spacial score (nSPS) is 13.8. The lowest BCUT2D eigenvalue weighted by molar-refractivity contribution is -0.384. The number of imide groups is 1. The van der Waals surface area contributed by atoms with Gasteiger partial charge < -0.3 is 20.6 Å². The highest BCUT2D eigenvalue weighted by Crippen LogP contribution is 2.26. The predicted molar refractivity (Wildman–Crippen MR) is 80.6 cm³/mol. The summed E-state index contributed by atoms with van der Waals surface area (Å²) in [5.41, 5.74) is -2.33. The first-order valence-electron chi connectivity index (χ1n) is 7.07. The molecular weight excluding hydrogens is 338 g/mol. The minimum atomic E-state index is -1.70. The van der Waals surface area contributed by atoms with Gasteiger partial charge in [0.2, 0.25) is 5.91 Å². The number of aliphatic hydroxyl groups excluding tert-OH is 3. The van der Waals surface area contributed by atoms with E-state index in [1.54, 1.807) is 0 Å². The van der Waals surface area contributed by atoms with Crippen molar-refractivity contribution in [2.45, 2.75) is 5.54 Å². The van der Waals surface area contributed by atoms with Gasteiger partial charge in [0.1, 0.15) is 12.1 Å². The van der Waals surface area contributed by atoms with Crippen molar-refractivity contribution in [2.24, 2.45) is 0 Å². The van der Waals surface area contributed by atoms with Crippen LogP contribution in [0.15, 0.2) is 18.2 Å². The molecule has 1 heterocycles. The van der Waals surface area contributed by atoms with Crippen LogP contribution < -0.4 is 5.32 Å². The van der Waals surface area contributed by atoms with E-state index in [-0.39, 0.29) is 16.8 Å². The van der Waals surface area contributed by atoms with Crippen molar-refractivity contribution in [3.05, 3.63) is 39.4 Å². The molecule has 0 aliphatic carbocycles. The number of nitro benzene ring substituents is 1. The molecule has 3 amide bonds. The lowest BCUT2D eigenvalue weighted by Crippen LogP contribution is -2.59. The molecule has 0 saturated carbocycles. The number of hydrogen-bond donors (Lipinski definition) is 4. The number of non-ortho nitro benzene ring substituents is 1. The van der Waals surface area contributed by atoms with Crippen LogP contribution in [0.1, 0.15) is 20.7 Å². The topological polar surface area (TPSA) is 170 Å². The summed E-state index contributed by atoms with van der Waals surface area (Å²) in [7, 11) is 0. The zero-order valence-corrected chi connectivity index (χ0v) is 12.8. The molecule has 1 aromatic carbocycles. The van der Waals surface area contributed by atoms with Crippen molar-refractivity contribution < 1.29 is 34.6 Å². The summed E-state index contributed by atoms with van der Waals surface area (Å²) < 4.78 is 0. The number of nitro groups is 1. The number of benzene rings is 1. The van der Waals surface area contributed by atoms with Gasteiger partial charge in [0.15, 0.2) is 0 Å². The lowest BCUT2D eigenvalue weighted by atomic mass is 10.0. The molecule has 0 aromatic heterocycles. The fraction of sp³-hybridized carbons (Fsp3) is 0.357. The highest BCUT2D eigenvalue weighted by atomic mass is 16.6. The Morgan fingerprint density at radius 3 is 2.20 bits per heavy atom. The Balaban J connectivity index is 2.19. The van der Waals surface area contributed by atoms with Crippen molar-refractivity contribution in [1.29, 1.82) is 0 Å². The van der Waals surface area contributed by atoms with Crippen LogP contribution in [-0.4, -0.2) is 74.8 Å². The fourth-order valence-electron chi connectivity index (χ4n) is 2.28. The molecule has 2 rings (SSSR count). The molecule has 1 aliphatic rings. The standard InChI is InChI=1S/C14H15N3O8/c18-5-14(6-19,7-20)15-11(21)4-16-12(22)9-2-1-8(17(24)25)3-10(9)13(16)23/h1-3,18-20H,4-7H2,(H,15,21). The van der Waals surface area contributed by atoms with E-state index in [1.165, 1.54) is 0 Å². The van der Waals surface area contributed by atoms with Gasteiger partial charge >= 0.3 is 0 Å². The number of carbonyl (C=O) groups is 3. The first kappa shape index (κ1) is 18.4. The van der Waals surface area contributed by atoms with E-state index >= 15 is 0 Å². The second kappa shape index (κ2) is 6.93. The molecule has 11 nitrogen and oxygen atoms in total. The van der Waals surface area contributed by atoms with E-state index < -0.39 is 54.5 Å². The maximum absolute atomic E-state index is 12.2. The first-order chi connectivity index (χ1) is 11.8. The molecule has 0 fully saturated rings. The Kier molecular flexibility index (Phi) is 5.11. The molecule has 4 N–H and O–H groups in total. The van der Waals surface area contributed by atoms with Crippen LogP contribution in [0.5, 0.6) is 0 Å². The Morgan fingerprint density at radius 1 is 1.12 bits per heavy atom. The van der Waals surface area contributed by atoms with E-state index in [4.69, 9.17) is 15.3 Å². The maximum Gasteiger partial charge on any atom is 0.270 e. The van der Waals surface area contributed by atoms with Crippen molar-refractivity contribution in [3.63, 3.8) is 0 Å². The summed E-state index contributed by atoms with van der Waals surface area (Å²) in [6, 6.07) is 3.15. The van der Waals surface area contributed by atoms with Gasteiger partial charge in [-0.15, -0.1) is 0 Å². The molecule has 0 spiro atoms. The number of hydrogen-bond acceptors (Lipinski definition) is 8. The quantitative estimate of drug-likeness (QED) is 0.248. The van der Waals surface area contributed by atoms with E-state index in [9.17, 15) is 24.5 Å². The third-order valence-corrected chi connectivity index (χ3v) is 3.78. The molecule has 25 heavy (non-hydrogen) atoms. The molecule has 11 heteroatoms. The monoisotopic (exact) mass is 353 g/mol. The van der Waals surface area contributed by atoms with Gasteiger partial charge in [0.25, 0.3) is 17.5 Å². The molecule has 0 atom stereocenters. The van der Waals surface area contributed by atoms with E-state index in [0.717, 1.165) is 18.2 Å². The number of aliphatic hydroxyl groups is 3. The Morgan fingerprint density at radius 2 is 1.68 bits per heavy atom. The number of carbonyl (C=O) groups excluding carboxylic acids is 3. The van der Waals surface area contributed by atoms with Gasteiger partial charge in [-0.1, -0.05) is 0 Å². The summed E-state index contributed by atoms with van der Waals surface area (Å²) in [6.07, 6.45) is 0. The van der Waals surface area contributed by atoms with E-state index in [2.05, 4.69) is 5.32 Å². The van der Waals surface area contributed by atoms with E-state index in [0.29, 0.717) is 4.90 Å². The van der Waals surface area contributed by atoms with Crippen molar-refractivity contribution in [2.75, 3.05) is 26.4 Å². The van der Waals surface area contributed by atoms with Gasteiger partial charge in [-0.25, -0.2) is 0 Å². The average Bonchev–Trinajstić information content (AvgIpc) is 2.84. The summed E-state index contributed by atoms with van der Waals surface area (Å²) >= 11 is 0. The summed E-state index contributed by atoms with van der Waals surface area (Å²) in [5.74, 6) is -2.57. The zero-order chi connectivity index (χ0) is 18.8. The molecule has 0 radical (unpaired) electrons. The minimum Gasteiger partial charge on any atom is -0.394 e. The number of rotatable bonds is 7. The number of fused-ring (bicyclic) bond motifs is 1. The van der Waals surface area contributed by atoms with Gasteiger partial charge in [0.05, 0.1) is 35.9 Å². The van der Waals surface area contributed by atoms with Crippen LogP contribution in [0.25, 0.3) is 0 Å². The summed E-state index contributed by atoms with van der Waals surface area (Å²) in [4.78, 5) is 47.1. The third-order valence-electron chi connectivity index (χ3n) is 3.78. The van der Waals surface area contributed by atoms with E-state index in [1.807, 2.05) is 0 Å². The predicted octanol–water partition coefficient (Wildman–Crippen LogP) is -1.98. The minimum absolute atomic E-state index is 0.0684. The fourth-order valence-corrected chi connectivity index (χ4v) is 2.28. The Hall–Kier alpha value is -2.89. The average molecular weight is 353 g/mol. The van der Waals surface area contributed by atoms with Crippen LogP contribution in [0.3, 0.4) is 0 Å². The van der Waals surface area contributed by atoms with Crippen LogP contribution in [0.2, 0.25) is 0 Å². The smallest absolute Gasteiger partial charge is 0.270 e. The maximum atomic E-state index is 12.2. The van der Waals surface area contributed by atoms with Gasteiger partial charge in [-0.05, 0) is 6.07 Å². The molecule has 0 bridgehead atoms. The van der Waals surface area contributed by atoms with Gasteiger partial charge in [-0.2, -0.15) is 0 Å². The molecule has 0 saturated heterocycles. The number of nitrogens with zero attached hydrogens (tertiary/aromatic N) is 2. The molecule has 0 unspecified atom stereocenters.